The van der Waals surface area contributed by atoms with Gasteiger partial charge in [0, 0.05) is 17.8 Å². The minimum atomic E-state index is -0.438. The lowest BCUT2D eigenvalue weighted by atomic mass is 10.1. The normalized spacial score (nSPS) is 21.4. The molecule has 110 valence electrons. The molecule has 2 heterocycles. The maximum atomic E-state index is 12.1. The standard InChI is InChI=1S/C13H16N6O2/c14-7-10-4-5-11(21-10)13(20)15-9-3-1-2-8(6-9)12-16-18-19-17-12/h1-3,6,10-11H,4-5,7,14H2,(H,15,20)(H,16,17,18,19). The number of hydrogen-bond donors (Lipinski definition) is 3. The van der Waals surface area contributed by atoms with Crippen LogP contribution in [0.15, 0.2) is 24.3 Å². The van der Waals surface area contributed by atoms with Crippen LogP contribution in [0, 0.1) is 0 Å². The smallest absolute Gasteiger partial charge is 0.253 e. The second kappa shape index (κ2) is 5.98. The summed E-state index contributed by atoms with van der Waals surface area (Å²) in [5.41, 5.74) is 6.98. The number of nitrogens with two attached hydrogens (primary N) is 1. The van der Waals surface area contributed by atoms with Crippen LogP contribution < -0.4 is 11.1 Å². The van der Waals surface area contributed by atoms with Gasteiger partial charge in [-0.1, -0.05) is 12.1 Å². The SMILES string of the molecule is NCC1CCC(C(=O)Nc2cccc(-c3nn[nH]n3)c2)O1. The molecule has 1 amide bonds. The molecule has 8 nitrogen and oxygen atoms in total. The van der Waals surface area contributed by atoms with Crippen LogP contribution in [0.3, 0.4) is 0 Å². The summed E-state index contributed by atoms with van der Waals surface area (Å²) in [7, 11) is 0. The predicted octanol–water partition coefficient (Wildman–Crippen LogP) is 0.311. The van der Waals surface area contributed by atoms with Crippen molar-refractivity contribution < 1.29 is 9.53 Å². The highest BCUT2D eigenvalue weighted by atomic mass is 16.5. The Morgan fingerprint density at radius 3 is 3.10 bits per heavy atom. The van der Waals surface area contributed by atoms with Crippen LogP contribution in [-0.4, -0.2) is 45.3 Å². The van der Waals surface area contributed by atoms with Crippen molar-refractivity contribution in [3.8, 4) is 11.4 Å². The van der Waals surface area contributed by atoms with E-state index in [1.807, 2.05) is 12.1 Å². The van der Waals surface area contributed by atoms with E-state index in [9.17, 15) is 4.79 Å². The third-order valence-corrected chi connectivity index (χ3v) is 3.40. The van der Waals surface area contributed by atoms with Crippen LogP contribution in [0.5, 0.6) is 0 Å². The Kier molecular flexibility index (Phi) is 3.89. The molecule has 0 radical (unpaired) electrons. The van der Waals surface area contributed by atoms with Crippen molar-refractivity contribution in [3.05, 3.63) is 24.3 Å². The molecular weight excluding hydrogens is 272 g/mol. The number of H-pyrrole nitrogens is 1. The van der Waals surface area contributed by atoms with Gasteiger partial charge in [0.05, 0.1) is 6.10 Å². The molecule has 2 aromatic rings. The van der Waals surface area contributed by atoms with Crippen LogP contribution in [0.25, 0.3) is 11.4 Å². The number of nitrogens with zero attached hydrogens (tertiary/aromatic N) is 3. The van der Waals surface area contributed by atoms with Crippen molar-refractivity contribution >= 4 is 11.6 Å². The van der Waals surface area contributed by atoms with E-state index in [0.717, 1.165) is 12.0 Å². The van der Waals surface area contributed by atoms with Gasteiger partial charge in [0.25, 0.3) is 5.91 Å². The molecule has 21 heavy (non-hydrogen) atoms. The molecule has 3 rings (SSSR count). The summed E-state index contributed by atoms with van der Waals surface area (Å²) in [6, 6.07) is 7.26. The molecule has 2 atom stereocenters. The van der Waals surface area contributed by atoms with E-state index < -0.39 is 6.10 Å². The van der Waals surface area contributed by atoms with Crippen LogP contribution in [0.4, 0.5) is 5.69 Å². The Morgan fingerprint density at radius 2 is 2.38 bits per heavy atom. The van der Waals surface area contributed by atoms with E-state index in [0.29, 0.717) is 24.5 Å². The zero-order valence-electron chi connectivity index (χ0n) is 11.3. The highest BCUT2D eigenvalue weighted by Gasteiger charge is 2.29. The molecule has 0 saturated carbocycles. The van der Waals surface area contributed by atoms with Crippen molar-refractivity contribution in [2.75, 3.05) is 11.9 Å². The molecule has 1 aromatic carbocycles. The Bertz CT molecular complexity index is 615. The van der Waals surface area contributed by atoms with Crippen LogP contribution in [0.2, 0.25) is 0 Å². The number of hydrogen-bond acceptors (Lipinski definition) is 6. The number of nitrogens with one attached hydrogen (secondary N) is 2. The summed E-state index contributed by atoms with van der Waals surface area (Å²) in [6.45, 7) is 0.442. The first kappa shape index (κ1) is 13.7. The topological polar surface area (TPSA) is 119 Å². The first-order valence-corrected chi connectivity index (χ1v) is 6.76. The number of anilines is 1. The van der Waals surface area contributed by atoms with Crippen LogP contribution in [0.1, 0.15) is 12.8 Å². The quantitative estimate of drug-likeness (QED) is 0.745. The first-order valence-electron chi connectivity index (χ1n) is 6.76. The lowest BCUT2D eigenvalue weighted by Crippen LogP contribution is -2.29. The van der Waals surface area contributed by atoms with Gasteiger partial charge >= 0.3 is 0 Å². The van der Waals surface area contributed by atoms with Gasteiger partial charge in [-0.2, -0.15) is 5.21 Å². The molecule has 0 aliphatic carbocycles. The van der Waals surface area contributed by atoms with E-state index in [1.165, 1.54) is 0 Å². The number of aromatic amines is 1. The van der Waals surface area contributed by atoms with Gasteiger partial charge in [-0.15, -0.1) is 10.2 Å². The number of carbonyl (C=O) groups excluding carboxylic acids is 1. The fourth-order valence-electron chi connectivity index (χ4n) is 2.31. The van der Waals surface area contributed by atoms with Gasteiger partial charge in [-0.3, -0.25) is 4.79 Å². The molecule has 1 aliphatic rings. The van der Waals surface area contributed by atoms with Crippen molar-refractivity contribution in [2.24, 2.45) is 5.73 Å². The minimum absolute atomic E-state index is 0.0218. The second-order valence-electron chi connectivity index (χ2n) is 4.87. The number of aromatic nitrogens is 4. The molecule has 1 aromatic heterocycles. The summed E-state index contributed by atoms with van der Waals surface area (Å²) in [4.78, 5) is 12.1. The highest BCUT2D eigenvalue weighted by Crippen LogP contribution is 2.22. The maximum absolute atomic E-state index is 12.1. The first-order chi connectivity index (χ1) is 10.3. The van der Waals surface area contributed by atoms with Gasteiger partial charge in [-0.25, -0.2) is 0 Å². The predicted molar refractivity (Wildman–Crippen MR) is 75.2 cm³/mol. The summed E-state index contributed by atoms with van der Waals surface area (Å²) < 4.78 is 5.57. The summed E-state index contributed by atoms with van der Waals surface area (Å²) in [5.74, 6) is 0.322. The number of carbonyl (C=O) groups is 1. The molecule has 4 N–H and O–H groups in total. The van der Waals surface area contributed by atoms with E-state index >= 15 is 0 Å². The maximum Gasteiger partial charge on any atom is 0.253 e. The van der Waals surface area contributed by atoms with Crippen LogP contribution >= 0.6 is 0 Å². The van der Waals surface area contributed by atoms with Gasteiger partial charge in [0.2, 0.25) is 5.82 Å². The fourth-order valence-corrected chi connectivity index (χ4v) is 2.31. The zero-order chi connectivity index (χ0) is 14.7. The molecular formula is C13H16N6O2. The van der Waals surface area contributed by atoms with Crippen molar-refractivity contribution in [2.45, 2.75) is 25.0 Å². The van der Waals surface area contributed by atoms with Gasteiger partial charge < -0.3 is 15.8 Å². The number of rotatable bonds is 4. The third-order valence-electron chi connectivity index (χ3n) is 3.40. The number of amides is 1. The molecule has 1 saturated heterocycles. The van der Waals surface area contributed by atoms with E-state index in [-0.39, 0.29) is 12.0 Å². The van der Waals surface area contributed by atoms with Crippen molar-refractivity contribution in [1.82, 2.24) is 20.6 Å². The van der Waals surface area contributed by atoms with E-state index in [1.54, 1.807) is 12.1 Å². The molecule has 0 bridgehead atoms. The lowest BCUT2D eigenvalue weighted by Gasteiger charge is -2.13. The Labute approximate surface area is 121 Å². The summed E-state index contributed by atoms with van der Waals surface area (Å²) in [5, 5.41) is 16.6. The zero-order valence-corrected chi connectivity index (χ0v) is 11.3. The Balaban J connectivity index is 1.68. The van der Waals surface area contributed by atoms with Gasteiger partial charge in [0.1, 0.15) is 6.10 Å². The fraction of sp³-hybridized carbons (Fsp3) is 0.385. The average Bonchev–Trinajstić information content (AvgIpc) is 3.19. The van der Waals surface area contributed by atoms with E-state index in [2.05, 4.69) is 25.9 Å². The molecule has 2 unspecified atom stereocenters. The lowest BCUT2D eigenvalue weighted by molar-refractivity contribution is -0.126. The molecule has 0 spiro atoms. The Hall–Kier alpha value is -2.32. The number of ether oxygens (including phenoxy) is 1. The summed E-state index contributed by atoms with van der Waals surface area (Å²) >= 11 is 0. The van der Waals surface area contributed by atoms with Gasteiger partial charge in [0.15, 0.2) is 0 Å². The number of tetrazole rings is 1. The average molecular weight is 288 g/mol. The van der Waals surface area contributed by atoms with Crippen molar-refractivity contribution in [1.29, 1.82) is 0 Å². The third kappa shape index (κ3) is 3.06. The number of benzene rings is 1. The highest BCUT2D eigenvalue weighted by molar-refractivity contribution is 5.94. The Morgan fingerprint density at radius 1 is 1.48 bits per heavy atom. The largest absolute Gasteiger partial charge is 0.364 e. The van der Waals surface area contributed by atoms with E-state index in [4.69, 9.17) is 10.5 Å². The molecule has 1 aliphatic heterocycles. The summed E-state index contributed by atoms with van der Waals surface area (Å²) in [6.07, 6.45) is 1.05. The second-order valence-corrected chi connectivity index (χ2v) is 4.87. The molecule has 1 fully saturated rings. The van der Waals surface area contributed by atoms with Gasteiger partial charge in [-0.05, 0) is 30.2 Å². The van der Waals surface area contributed by atoms with Crippen molar-refractivity contribution in [3.63, 3.8) is 0 Å². The minimum Gasteiger partial charge on any atom is -0.364 e. The molecule has 8 heteroatoms. The van der Waals surface area contributed by atoms with Crippen LogP contribution in [-0.2, 0) is 9.53 Å². The monoisotopic (exact) mass is 288 g/mol.